The average Bonchev–Trinajstić information content (AvgIpc) is 2.63. The van der Waals surface area contributed by atoms with Crippen LogP contribution in [0.5, 0.6) is 5.75 Å². The number of carbonyl (C=O) groups is 1. The van der Waals surface area contributed by atoms with Crippen LogP contribution < -0.4 is 15.4 Å². The molecule has 0 saturated heterocycles. The van der Waals surface area contributed by atoms with Gasteiger partial charge in [-0.15, -0.1) is 0 Å². The highest BCUT2D eigenvalue weighted by atomic mass is 16.5. The number of aromatic nitrogens is 2. The van der Waals surface area contributed by atoms with Gasteiger partial charge >= 0.3 is 0 Å². The van der Waals surface area contributed by atoms with Crippen LogP contribution in [0.4, 0.5) is 5.82 Å². The monoisotopic (exact) mass is 330 g/mol. The minimum atomic E-state index is -0.222. The third-order valence-corrected chi connectivity index (χ3v) is 3.37. The zero-order valence-corrected chi connectivity index (χ0v) is 13.9. The number of anilines is 1. The summed E-state index contributed by atoms with van der Waals surface area (Å²) in [6.07, 6.45) is 2.10. The summed E-state index contributed by atoms with van der Waals surface area (Å²) in [6.45, 7) is 1.71. The molecule has 7 heteroatoms. The lowest BCUT2D eigenvalue weighted by Crippen LogP contribution is -2.26. The second-order valence-corrected chi connectivity index (χ2v) is 5.06. The van der Waals surface area contributed by atoms with Crippen molar-refractivity contribution in [2.75, 3.05) is 39.2 Å². The summed E-state index contributed by atoms with van der Waals surface area (Å²) < 4.78 is 10.1. The molecule has 1 amide bonds. The topological polar surface area (TPSA) is 85.4 Å². The highest BCUT2D eigenvalue weighted by molar-refractivity contribution is 5.92. The van der Waals surface area contributed by atoms with Gasteiger partial charge < -0.3 is 20.1 Å². The SMILES string of the molecule is COCCNc1cc(C(=O)NCCc2ccc(OC)cc2)ncn1. The Labute approximate surface area is 141 Å². The van der Waals surface area contributed by atoms with Crippen molar-refractivity contribution < 1.29 is 14.3 Å². The summed E-state index contributed by atoms with van der Waals surface area (Å²) in [7, 11) is 3.26. The molecule has 0 aliphatic rings. The highest BCUT2D eigenvalue weighted by Gasteiger charge is 2.08. The third kappa shape index (κ3) is 5.51. The maximum atomic E-state index is 12.1. The summed E-state index contributed by atoms with van der Waals surface area (Å²) in [5.41, 5.74) is 1.46. The molecule has 2 aromatic rings. The number of ether oxygens (including phenoxy) is 2. The quantitative estimate of drug-likeness (QED) is 0.678. The first kappa shape index (κ1) is 17.7. The Balaban J connectivity index is 1.82. The van der Waals surface area contributed by atoms with Crippen molar-refractivity contribution in [2.45, 2.75) is 6.42 Å². The highest BCUT2D eigenvalue weighted by Crippen LogP contribution is 2.11. The normalized spacial score (nSPS) is 10.2. The molecule has 24 heavy (non-hydrogen) atoms. The summed E-state index contributed by atoms with van der Waals surface area (Å²) >= 11 is 0. The van der Waals surface area contributed by atoms with Gasteiger partial charge in [-0.25, -0.2) is 9.97 Å². The van der Waals surface area contributed by atoms with Crippen LogP contribution in [-0.4, -0.2) is 49.8 Å². The van der Waals surface area contributed by atoms with Crippen molar-refractivity contribution in [3.05, 3.63) is 47.9 Å². The Morgan fingerprint density at radius 1 is 1.12 bits per heavy atom. The minimum Gasteiger partial charge on any atom is -0.497 e. The number of hydrogen-bond donors (Lipinski definition) is 2. The van der Waals surface area contributed by atoms with Crippen molar-refractivity contribution in [3.8, 4) is 5.75 Å². The van der Waals surface area contributed by atoms with Crippen molar-refractivity contribution in [3.63, 3.8) is 0 Å². The molecule has 0 atom stereocenters. The maximum absolute atomic E-state index is 12.1. The molecule has 0 aliphatic carbocycles. The van der Waals surface area contributed by atoms with Crippen LogP contribution in [0, 0.1) is 0 Å². The zero-order valence-electron chi connectivity index (χ0n) is 13.9. The minimum absolute atomic E-state index is 0.222. The van der Waals surface area contributed by atoms with E-state index in [-0.39, 0.29) is 5.91 Å². The fourth-order valence-corrected chi connectivity index (χ4v) is 2.06. The molecule has 0 radical (unpaired) electrons. The predicted octanol–water partition coefficient (Wildman–Crippen LogP) is 1.52. The number of hydrogen-bond acceptors (Lipinski definition) is 6. The van der Waals surface area contributed by atoms with Crippen molar-refractivity contribution >= 4 is 11.7 Å². The van der Waals surface area contributed by atoms with Gasteiger partial charge in [-0.1, -0.05) is 12.1 Å². The lowest BCUT2D eigenvalue weighted by molar-refractivity contribution is 0.0949. The lowest BCUT2D eigenvalue weighted by Gasteiger charge is -2.08. The maximum Gasteiger partial charge on any atom is 0.270 e. The first-order valence-electron chi connectivity index (χ1n) is 7.69. The number of amides is 1. The number of carbonyl (C=O) groups excluding carboxylic acids is 1. The fraction of sp³-hybridized carbons (Fsp3) is 0.353. The summed E-state index contributed by atoms with van der Waals surface area (Å²) in [6, 6.07) is 9.39. The molecular formula is C17H22N4O3. The van der Waals surface area contributed by atoms with Crippen LogP contribution in [0.1, 0.15) is 16.1 Å². The van der Waals surface area contributed by atoms with Gasteiger partial charge in [0.15, 0.2) is 0 Å². The summed E-state index contributed by atoms with van der Waals surface area (Å²) in [5, 5.41) is 5.92. The van der Waals surface area contributed by atoms with Crippen LogP contribution >= 0.6 is 0 Å². The molecule has 7 nitrogen and oxygen atoms in total. The van der Waals surface area contributed by atoms with Crippen molar-refractivity contribution in [2.24, 2.45) is 0 Å². The zero-order chi connectivity index (χ0) is 17.2. The Kier molecular flexibility index (Phi) is 6.97. The van der Waals surface area contributed by atoms with Crippen LogP contribution in [0.15, 0.2) is 36.7 Å². The van der Waals surface area contributed by atoms with E-state index in [0.717, 1.165) is 17.7 Å². The van der Waals surface area contributed by atoms with Crippen molar-refractivity contribution in [1.82, 2.24) is 15.3 Å². The Morgan fingerprint density at radius 3 is 2.62 bits per heavy atom. The molecule has 0 bridgehead atoms. The second kappa shape index (κ2) is 9.46. The standard InChI is InChI=1S/C17H22N4O3/c1-23-10-9-18-16-11-15(20-12-21-16)17(22)19-8-7-13-3-5-14(24-2)6-4-13/h3-6,11-12H,7-10H2,1-2H3,(H,19,22)(H,18,20,21). The van der Waals surface area contributed by atoms with E-state index < -0.39 is 0 Å². The van der Waals surface area contributed by atoms with E-state index in [1.54, 1.807) is 20.3 Å². The van der Waals surface area contributed by atoms with E-state index in [4.69, 9.17) is 9.47 Å². The average molecular weight is 330 g/mol. The van der Waals surface area contributed by atoms with Gasteiger partial charge in [0.1, 0.15) is 23.6 Å². The molecule has 1 aromatic carbocycles. The van der Waals surface area contributed by atoms with E-state index >= 15 is 0 Å². The van der Waals surface area contributed by atoms with Crippen LogP contribution in [0.25, 0.3) is 0 Å². The second-order valence-electron chi connectivity index (χ2n) is 5.06. The summed E-state index contributed by atoms with van der Waals surface area (Å²) in [5.74, 6) is 1.19. The number of rotatable bonds is 9. The fourth-order valence-electron chi connectivity index (χ4n) is 2.06. The van der Waals surface area contributed by atoms with E-state index in [1.165, 1.54) is 6.33 Å². The molecule has 1 heterocycles. The van der Waals surface area contributed by atoms with Gasteiger partial charge in [0, 0.05) is 26.3 Å². The lowest BCUT2D eigenvalue weighted by atomic mass is 10.1. The Bertz CT molecular complexity index is 647. The molecule has 1 aromatic heterocycles. The largest absolute Gasteiger partial charge is 0.497 e. The van der Waals surface area contributed by atoms with Crippen LogP contribution in [-0.2, 0) is 11.2 Å². The van der Waals surface area contributed by atoms with Crippen LogP contribution in [0.3, 0.4) is 0 Å². The molecular weight excluding hydrogens is 308 g/mol. The molecule has 0 spiro atoms. The van der Waals surface area contributed by atoms with Gasteiger partial charge in [-0.3, -0.25) is 4.79 Å². The first-order chi connectivity index (χ1) is 11.7. The van der Waals surface area contributed by atoms with E-state index in [0.29, 0.717) is 31.2 Å². The molecule has 128 valence electrons. The number of nitrogens with one attached hydrogen (secondary N) is 2. The number of methoxy groups -OCH3 is 2. The Morgan fingerprint density at radius 2 is 1.92 bits per heavy atom. The van der Waals surface area contributed by atoms with Gasteiger partial charge in [0.2, 0.25) is 0 Å². The molecule has 2 N–H and O–H groups in total. The van der Waals surface area contributed by atoms with Gasteiger partial charge in [0.05, 0.1) is 13.7 Å². The van der Waals surface area contributed by atoms with Gasteiger partial charge in [-0.05, 0) is 24.1 Å². The first-order valence-corrected chi connectivity index (χ1v) is 7.69. The smallest absolute Gasteiger partial charge is 0.270 e. The molecule has 0 fully saturated rings. The summed E-state index contributed by atoms with van der Waals surface area (Å²) in [4.78, 5) is 20.2. The van der Waals surface area contributed by atoms with E-state index in [1.807, 2.05) is 24.3 Å². The third-order valence-electron chi connectivity index (χ3n) is 3.37. The predicted molar refractivity (Wildman–Crippen MR) is 91.4 cm³/mol. The molecule has 0 unspecified atom stereocenters. The van der Waals surface area contributed by atoms with Crippen molar-refractivity contribution in [1.29, 1.82) is 0 Å². The van der Waals surface area contributed by atoms with E-state index in [2.05, 4.69) is 20.6 Å². The molecule has 0 saturated carbocycles. The van der Waals surface area contributed by atoms with E-state index in [9.17, 15) is 4.79 Å². The number of nitrogens with zero attached hydrogens (tertiary/aromatic N) is 2. The Hall–Kier alpha value is -2.67. The number of benzene rings is 1. The van der Waals surface area contributed by atoms with Gasteiger partial charge in [0.25, 0.3) is 5.91 Å². The van der Waals surface area contributed by atoms with Gasteiger partial charge in [-0.2, -0.15) is 0 Å². The molecule has 2 rings (SSSR count). The van der Waals surface area contributed by atoms with Crippen LogP contribution in [0.2, 0.25) is 0 Å². The molecule has 0 aliphatic heterocycles.